The molecule has 0 amide bonds. The van der Waals surface area contributed by atoms with E-state index in [-0.39, 0.29) is 18.6 Å². The summed E-state index contributed by atoms with van der Waals surface area (Å²) in [4.78, 5) is 13.2. The lowest BCUT2D eigenvalue weighted by atomic mass is 9.90. The molecule has 1 aliphatic rings. The fourth-order valence-corrected chi connectivity index (χ4v) is 2.35. The standard InChI is InChI=1S/C11H21NO3/c1-9-5-4-7-12(6-2-3-8-13)10(9)11(14)15/h9-10,13H,2-8H2,1H3,(H,14,15). The van der Waals surface area contributed by atoms with Crippen molar-refractivity contribution in [1.82, 2.24) is 4.90 Å². The van der Waals surface area contributed by atoms with Crippen LogP contribution in [0.5, 0.6) is 0 Å². The topological polar surface area (TPSA) is 60.8 Å². The van der Waals surface area contributed by atoms with E-state index < -0.39 is 5.97 Å². The summed E-state index contributed by atoms with van der Waals surface area (Å²) in [6.45, 7) is 3.88. The van der Waals surface area contributed by atoms with Crippen LogP contribution in [0.25, 0.3) is 0 Å². The predicted molar refractivity (Wildman–Crippen MR) is 57.7 cm³/mol. The minimum absolute atomic E-state index is 0.196. The van der Waals surface area contributed by atoms with E-state index in [0.717, 1.165) is 38.8 Å². The van der Waals surface area contributed by atoms with Crippen LogP contribution >= 0.6 is 0 Å². The van der Waals surface area contributed by atoms with Gasteiger partial charge in [-0.3, -0.25) is 9.69 Å². The number of aliphatic hydroxyl groups is 1. The normalized spacial score (nSPS) is 27.9. The molecule has 0 aromatic carbocycles. The van der Waals surface area contributed by atoms with E-state index >= 15 is 0 Å². The highest BCUT2D eigenvalue weighted by molar-refractivity contribution is 5.74. The molecule has 1 heterocycles. The first-order chi connectivity index (χ1) is 7.16. The van der Waals surface area contributed by atoms with Crippen molar-refractivity contribution >= 4 is 5.97 Å². The lowest BCUT2D eigenvalue weighted by molar-refractivity contribution is -0.146. The third-order valence-electron chi connectivity index (χ3n) is 3.14. The molecule has 0 spiro atoms. The van der Waals surface area contributed by atoms with E-state index in [4.69, 9.17) is 10.2 Å². The number of hydrogen-bond donors (Lipinski definition) is 2. The molecule has 1 rings (SSSR count). The van der Waals surface area contributed by atoms with Crippen LogP contribution in [0.2, 0.25) is 0 Å². The Balaban J connectivity index is 2.47. The first-order valence-corrected chi connectivity index (χ1v) is 5.74. The van der Waals surface area contributed by atoms with Crippen LogP contribution < -0.4 is 0 Å². The SMILES string of the molecule is CC1CCCN(CCCCO)C1C(=O)O. The Morgan fingerprint density at radius 3 is 2.80 bits per heavy atom. The van der Waals surface area contributed by atoms with E-state index in [1.54, 1.807) is 0 Å². The van der Waals surface area contributed by atoms with Crippen LogP contribution in [0.1, 0.15) is 32.6 Å². The number of hydrogen-bond acceptors (Lipinski definition) is 3. The molecule has 88 valence electrons. The van der Waals surface area contributed by atoms with Gasteiger partial charge in [-0.15, -0.1) is 0 Å². The van der Waals surface area contributed by atoms with Gasteiger partial charge in [0.15, 0.2) is 0 Å². The maximum Gasteiger partial charge on any atom is 0.321 e. The molecule has 0 aromatic rings. The van der Waals surface area contributed by atoms with Gasteiger partial charge in [0.25, 0.3) is 0 Å². The zero-order chi connectivity index (χ0) is 11.3. The highest BCUT2D eigenvalue weighted by Gasteiger charge is 2.33. The van der Waals surface area contributed by atoms with E-state index in [1.165, 1.54) is 0 Å². The Bertz CT molecular complexity index is 208. The minimum atomic E-state index is -0.703. The molecule has 4 nitrogen and oxygen atoms in total. The van der Waals surface area contributed by atoms with E-state index in [2.05, 4.69) is 0 Å². The first kappa shape index (κ1) is 12.5. The molecule has 1 fully saturated rings. The van der Waals surface area contributed by atoms with Gasteiger partial charge in [-0.05, 0) is 44.7 Å². The van der Waals surface area contributed by atoms with Crippen molar-refractivity contribution in [3.05, 3.63) is 0 Å². The second-order valence-electron chi connectivity index (χ2n) is 4.37. The van der Waals surface area contributed by atoms with Crippen molar-refractivity contribution in [2.24, 2.45) is 5.92 Å². The lowest BCUT2D eigenvalue weighted by Gasteiger charge is -2.37. The molecule has 0 aliphatic carbocycles. The number of piperidine rings is 1. The minimum Gasteiger partial charge on any atom is -0.480 e. The zero-order valence-corrected chi connectivity index (χ0v) is 9.35. The van der Waals surface area contributed by atoms with Crippen molar-refractivity contribution in [2.45, 2.75) is 38.6 Å². The fraction of sp³-hybridized carbons (Fsp3) is 0.909. The Kier molecular flexibility index (Phi) is 5.05. The molecule has 1 aliphatic heterocycles. The van der Waals surface area contributed by atoms with Gasteiger partial charge in [0, 0.05) is 6.61 Å². The number of carbonyl (C=O) groups is 1. The van der Waals surface area contributed by atoms with Gasteiger partial charge in [0.1, 0.15) is 6.04 Å². The summed E-state index contributed by atoms with van der Waals surface area (Å²) in [6.07, 6.45) is 3.74. The van der Waals surface area contributed by atoms with Gasteiger partial charge in [-0.25, -0.2) is 0 Å². The quantitative estimate of drug-likeness (QED) is 0.670. The number of aliphatic carboxylic acids is 1. The molecule has 0 saturated carbocycles. The summed E-state index contributed by atoms with van der Waals surface area (Å²) in [5.74, 6) is -0.462. The predicted octanol–water partition coefficient (Wildman–Crippen LogP) is 0.944. The molecule has 0 bridgehead atoms. The van der Waals surface area contributed by atoms with Gasteiger partial charge >= 0.3 is 5.97 Å². The second kappa shape index (κ2) is 6.08. The van der Waals surface area contributed by atoms with E-state index in [0.29, 0.717) is 0 Å². The Morgan fingerprint density at radius 2 is 2.20 bits per heavy atom. The van der Waals surface area contributed by atoms with Gasteiger partial charge < -0.3 is 10.2 Å². The Morgan fingerprint density at radius 1 is 1.47 bits per heavy atom. The number of carboxylic acid groups (broad SMARTS) is 1. The zero-order valence-electron chi connectivity index (χ0n) is 9.35. The molecular formula is C11H21NO3. The van der Waals surface area contributed by atoms with Crippen molar-refractivity contribution in [2.75, 3.05) is 19.7 Å². The second-order valence-corrected chi connectivity index (χ2v) is 4.37. The summed E-state index contributed by atoms with van der Waals surface area (Å²) < 4.78 is 0. The summed E-state index contributed by atoms with van der Waals surface area (Å²) >= 11 is 0. The number of carboxylic acids is 1. The monoisotopic (exact) mass is 215 g/mol. The van der Waals surface area contributed by atoms with Crippen LogP contribution in [-0.4, -0.2) is 46.8 Å². The third kappa shape index (κ3) is 3.47. The maximum absolute atomic E-state index is 11.1. The fourth-order valence-electron chi connectivity index (χ4n) is 2.35. The lowest BCUT2D eigenvalue weighted by Crippen LogP contribution is -2.49. The highest BCUT2D eigenvalue weighted by Crippen LogP contribution is 2.23. The maximum atomic E-state index is 11.1. The van der Waals surface area contributed by atoms with Crippen molar-refractivity contribution < 1.29 is 15.0 Å². The molecule has 0 aromatic heterocycles. The van der Waals surface area contributed by atoms with Crippen LogP contribution in [0.15, 0.2) is 0 Å². The van der Waals surface area contributed by atoms with Gasteiger partial charge in [0.05, 0.1) is 0 Å². The Hall–Kier alpha value is -0.610. The molecule has 4 heteroatoms. The van der Waals surface area contributed by atoms with Crippen LogP contribution in [0.4, 0.5) is 0 Å². The van der Waals surface area contributed by atoms with Crippen LogP contribution in [0.3, 0.4) is 0 Å². The molecular weight excluding hydrogens is 194 g/mol. The number of aliphatic hydroxyl groups excluding tert-OH is 1. The smallest absolute Gasteiger partial charge is 0.321 e. The average molecular weight is 215 g/mol. The molecule has 2 unspecified atom stereocenters. The molecule has 0 radical (unpaired) electrons. The van der Waals surface area contributed by atoms with E-state index in [1.807, 2.05) is 11.8 Å². The number of rotatable bonds is 5. The van der Waals surface area contributed by atoms with E-state index in [9.17, 15) is 4.79 Å². The van der Waals surface area contributed by atoms with Gasteiger partial charge in [-0.2, -0.15) is 0 Å². The molecule has 15 heavy (non-hydrogen) atoms. The number of unbranched alkanes of at least 4 members (excludes halogenated alkanes) is 1. The third-order valence-corrected chi connectivity index (χ3v) is 3.14. The summed E-state index contributed by atoms with van der Waals surface area (Å²) in [5, 5.41) is 17.8. The van der Waals surface area contributed by atoms with Crippen molar-refractivity contribution in [1.29, 1.82) is 0 Å². The first-order valence-electron chi connectivity index (χ1n) is 5.74. The Labute approximate surface area is 90.9 Å². The van der Waals surface area contributed by atoms with Crippen LogP contribution in [0, 0.1) is 5.92 Å². The van der Waals surface area contributed by atoms with Crippen molar-refractivity contribution in [3.8, 4) is 0 Å². The molecule has 2 atom stereocenters. The highest BCUT2D eigenvalue weighted by atomic mass is 16.4. The summed E-state index contributed by atoms with van der Waals surface area (Å²) in [6, 6.07) is -0.322. The van der Waals surface area contributed by atoms with Gasteiger partial charge in [-0.1, -0.05) is 6.92 Å². The van der Waals surface area contributed by atoms with Crippen LogP contribution in [-0.2, 0) is 4.79 Å². The summed E-state index contributed by atoms with van der Waals surface area (Å²) in [7, 11) is 0. The number of nitrogens with zero attached hydrogens (tertiary/aromatic N) is 1. The molecule has 2 N–H and O–H groups in total. The molecule has 1 saturated heterocycles. The average Bonchev–Trinajstić information content (AvgIpc) is 2.17. The summed E-state index contributed by atoms with van der Waals surface area (Å²) in [5.41, 5.74) is 0. The van der Waals surface area contributed by atoms with Gasteiger partial charge in [0.2, 0.25) is 0 Å². The number of likely N-dealkylation sites (tertiary alicyclic amines) is 1. The largest absolute Gasteiger partial charge is 0.480 e. The van der Waals surface area contributed by atoms with Crippen molar-refractivity contribution in [3.63, 3.8) is 0 Å².